The van der Waals surface area contributed by atoms with Crippen LogP contribution in [0.1, 0.15) is 18.1 Å². The number of benzene rings is 2. The predicted molar refractivity (Wildman–Crippen MR) is 101 cm³/mol. The number of amides is 1. The standard InChI is InChI=1S/C18H22N6O/c1-12(25)23-10-13-6-8-14(9-7-13)24(22)11-17(20)18(21)15-4-2-3-5-16(15)19/h2-9,11,21H,10,19-20,22H2,1H3,(H,23,25)/b17-11-,21-18?. The van der Waals surface area contributed by atoms with Crippen LogP contribution in [-0.4, -0.2) is 11.6 Å². The second-order valence-corrected chi connectivity index (χ2v) is 5.53. The Morgan fingerprint density at radius 1 is 1.20 bits per heavy atom. The SMILES string of the molecule is CC(=O)NCc1ccc(N(N)/C=C(\N)C(=N)c2ccccc2N)cc1. The van der Waals surface area contributed by atoms with Crippen molar-refractivity contribution in [1.29, 1.82) is 5.41 Å². The zero-order valence-electron chi connectivity index (χ0n) is 14.0. The number of carbonyl (C=O) groups is 1. The summed E-state index contributed by atoms with van der Waals surface area (Å²) in [7, 11) is 0. The quantitative estimate of drug-likeness (QED) is 0.235. The first-order valence-corrected chi connectivity index (χ1v) is 7.67. The Bertz CT molecular complexity index is 797. The van der Waals surface area contributed by atoms with E-state index in [2.05, 4.69) is 5.32 Å². The second kappa shape index (κ2) is 7.98. The van der Waals surface area contributed by atoms with Crippen LogP contribution in [0, 0.1) is 5.41 Å². The lowest BCUT2D eigenvalue weighted by Crippen LogP contribution is -2.28. The number of hydrogen-bond acceptors (Lipinski definition) is 6. The number of rotatable bonds is 6. The first-order valence-electron chi connectivity index (χ1n) is 7.67. The molecule has 2 aromatic rings. The minimum atomic E-state index is -0.0843. The monoisotopic (exact) mass is 338 g/mol. The number of nitrogen functional groups attached to an aromatic ring is 1. The molecule has 0 spiro atoms. The Balaban J connectivity index is 2.10. The molecule has 0 aliphatic rings. The van der Waals surface area contributed by atoms with E-state index in [0.717, 1.165) is 5.56 Å². The largest absolute Gasteiger partial charge is 0.398 e. The fourth-order valence-electron chi connectivity index (χ4n) is 2.18. The van der Waals surface area contributed by atoms with E-state index in [4.69, 9.17) is 22.7 Å². The van der Waals surface area contributed by atoms with Crippen molar-refractivity contribution in [3.63, 3.8) is 0 Å². The highest BCUT2D eigenvalue weighted by atomic mass is 16.1. The van der Waals surface area contributed by atoms with E-state index in [1.54, 1.807) is 36.4 Å². The smallest absolute Gasteiger partial charge is 0.217 e. The fourth-order valence-corrected chi connectivity index (χ4v) is 2.18. The van der Waals surface area contributed by atoms with Crippen molar-refractivity contribution in [2.75, 3.05) is 10.7 Å². The van der Waals surface area contributed by atoms with Gasteiger partial charge in [-0.15, -0.1) is 0 Å². The maximum atomic E-state index is 10.9. The van der Waals surface area contributed by atoms with E-state index in [0.29, 0.717) is 23.5 Å². The van der Waals surface area contributed by atoms with Gasteiger partial charge < -0.3 is 16.8 Å². The Kier molecular flexibility index (Phi) is 5.75. The van der Waals surface area contributed by atoms with Gasteiger partial charge in [0.05, 0.1) is 17.1 Å². The van der Waals surface area contributed by atoms with E-state index in [9.17, 15) is 4.79 Å². The van der Waals surface area contributed by atoms with Crippen molar-refractivity contribution in [2.24, 2.45) is 11.6 Å². The van der Waals surface area contributed by atoms with E-state index in [-0.39, 0.29) is 17.3 Å². The van der Waals surface area contributed by atoms with Crippen molar-refractivity contribution >= 4 is 23.0 Å². The van der Waals surface area contributed by atoms with E-state index < -0.39 is 0 Å². The van der Waals surface area contributed by atoms with Crippen LogP contribution < -0.4 is 27.6 Å². The van der Waals surface area contributed by atoms with Gasteiger partial charge in [-0.1, -0.05) is 30.3 Å². The average molecular weight is 338 g/mol. The zero-order chi connectivity index (χ0) is 18.4. The molecule has 0 aromatic heterocycles. The molecule has 0 saturated carbocycles. The molecule has 0 unspecified atom stereocenters. The summed E-state index contributed by atoms with van der Waals surface area (Å²) in [5, 5.41) is 12.2. The van der Waals surface area contributed by atoms with Crippen LogP contribution in [0.5, 0.6) is 0 Å². The number of nitrogens with zero attached hydrogens (tertiary/aromatic N) is 1. The van der Waals surface area contributed by atoms with Gasteiger partial charge in [0.25, 0.3) is 0 Å². The summed E-state index contributed by atoms with van der Waals surface area (Å²) in [6.45, 7) is 1.92. The first kappa shape index (κ1) is 18.0. The Morgan fingerprint density at radius 3 is 2.44 bits per heavy atom. The van der Waals surface area contributed by atoms with Crippen molar-refractivity contribution in [3.8, 4) is 0 Å². The van der Waals surface area contributed by atoms with Gasteiger partial charge in [0.15, 0.2) is 0 Å². The van der Waals surface area contributed by atoms with Crippen LogP contribution in [-0.2, 0) is 11.3 Å². The second-order valence-electron chi connectivity index (χ2n) is 5.53. The molecular formula is C18H22N6O. The van der Waals surface area contributed by atoms with Gasteiger partial charge in [0, 0.05) is 30.9 Å². The van der Waals surface area contributed by atoms with Gasteiger partial charge in [0.2, 0.25) is 5.91 Å². The van der Waals surface area contributed by atoms with Crippen molar-refractivity contribution < 1.29 is 4.79 Å². The number of hydrogen-bond donors (Lipinski definition) is 5. The number of nitrogens with one attached hydrogen (secondary N) is 2. The number of anilines is 2. The van der Waals surface area contributed by atoms with Crippen LogP contribution in [0.15, 0.2) is 60.4 Å². The van der Waals surface area contributed by atoms with Gasteiger partial charge in [-0.2, -0.15) is 0 Å². The molecule has 130 valence electrons. The van der Waals surface area contributed by atoms with E-state index in [1.165, 1.54) is 18.1 Å². The van der Waals surface area contributed by atoms with Crippen LogP contribution in [0.4, 0.5) is 11.4 Å². The lowest BCUT2D eigenvalue weighted by Gasteiger charge is -2.16. The summed E-state index contributed by atoms with van der Waals surface area (Å²) in [6.07, 6.45) is 1.47. The van der Waals surface area contributed by atoms with Crippen LogP contribution >= 0.6 is 0 Å². The zero-order valence-corrected chi connectivity index (χ0v) is 14.0. The van der Waals surface area contributed by atoms with Crippen LogP contribution in [0.2, 0.25) is 0 Å². The Hall–Kier alpha value is -3.32. The summed E-state index contributed by atoms with van der Waals surface area (Å²) in [6, 6.07) is 14.4. The topological polar surface area (TPSA) is 134 Å². The highest BCUT2D eigenvalue weighted by Gasteiger charge is 2.09. The molecule has 25 heavy (non-hydrogen) atoms. The van der Waals surface area contributed by atoms with Crippen molar-refractivity contribution in [1.82, 2.24) is 5.32 Å². The molecule has 0 bridgehead atoms. The lowest BCUT2D eigenvalue weighted by atomic mass is 10.1. The van der Waals surface area contributed by atoms with Gasteiger partial charge in [-0.3, -0.25) is 15.2 Å². The summed E-state index contributed by atoms with van der Waals surface area (Å²) in [4.78, 5) is 10.9. The number of para-hydroxylation sites is 1. The third-order valence-electron chi connectivity index (χ3n) is 3.57. The predicted octanol–water partition coefficient (Wildman–Crippen LogP) is 1.45. The highest BCUT2D eigenvalue weighted by Crippen LogP contribution is 2.16. The number of allylic oxidation sites excluding steroid dienone is 1. The molecule has 7 nitrogen and oxygen atoms in total. The number of carbonyl (C=O) groups excluding carboxylic acids is 1. The van der Waals surface area contributed by atoms with Crippen molar-refractivity contribution in [2.45, 2.75) is 13.5 Å². The molecule has 0 heterocycles. The number of nitrogens with two attached hydrogens (primary N) is 3. The molecule has 0 saturated heterocycles. The third kappa shape index (κ3) is 4.82. The molecule has 0 radical (unpaired) electrons. The first-order chi connectivity index (χ1) is 11.9. The van der Waals surface area contributed by atoms with Crippen LogP contribution in [0.3, 0.4) is 0 Å². The summed E-state index contributed by atoms with van der Waals surface area (Å²) in [5.41, 5.74) is 14.8. The molecule has 0 aliphatic carbocycles. The molecule has 1 amide bonds. The van der Waals surface area contributed by atoms with E-state index >= 15 is 0 Å². The lowest BCUT2D eigenvalue weighted by molar-refractivity contribution is -0.119. The average Bonchev–Trinajstić information content (AvgIpc) is 2.60. The summed E-state index contributed by atoms with van der Waals surface area (Å²) < 4.78 is 0. The number of hydrazine groups is 1. The minimum absolute atomic E-state index is 0.0843. The van der Waals surface area contributed by atoms with Gasteiger partial charge >= 0.3 is 0 Å². The van der Waals surface area contributed by atoms with Crippen LogP contribution in [0.25, 0.3) is 0 Å². The van der Waals surface area contributed by atoms with Crippen molar-refractivity contribution in [3.05, 3.63) is 71.6 Å². The molecule has 8 N–H and O–H groups in total. The van der Waals surface area contributed by atoms with Gasteiger partial charge in [-0.05, 0) is 23.8 Å². The molecule has 2 rings (SSSR count). The Morgan fingerprint density at radius 2 is 1.84 bits per heavy atom. The molecule has 0 fully saturated rings. The van der Waals surface area contributed by atoms with Gasteiger partial charge in [0.1, 0.15) is 0 Å². The maximum Gasteiger partial charge on any atom is 0.217 e. The summed E-state index contributed by atoms with van der Waals surface area (Å²) >= 11 is 0. The molecule has 0 aliphatic heterocycles. The fraction of sp³-hybridized carbons (Fsp3) is 0.111. The molecule has 2 aromatic carbocycles. The molecule has 7 heteroatoms. The molecular weight excluding hydrogens is 316 g/mol. The Labute approximate surface area is 146 Å². The molecule has 0 atom stereocenters. The highest BCUT2D eigenvalue weighted by molar-refractivity contribution is 6.13. The van der Waals surface area contributed by atoms with Gasteiger partial charge in [-0.25, -0.2) is 5.84 Å². The third-order valence-corrected chi connectivity index (χ3v) is 3.57. The van der Waals surface area contributed by atoms with E-state index in [1.807, 2.05) is 12.1 Å². The minimum Gasteiger partial charge on any atom is -0.398 e. The maximum absolute atomic E-state index is 10.9. The summed E-state index contributed by atoms with van der Waals surface area (Å²) in [5.74, 6) is 5.92. The normalized spacial score (nSPS) is 11.0.